The molecule has 0 aliphatic carbocycles. The molecule has 164 valence electrons. The first-order valence-electron chi connectivity index (χ1n) is 10.3. The number of hydrogen-bond acceptors (Lipinski definition) is 4. The van der Waals surface area contributed by atoms with E-state index in [1.807, 2.05) is 61.5 Å². The molecule has 1 atom stereocenters. The molecule has 0 spiro atoms. The van der Waals surface area contributed by atoms with Crippen molar-refractivity contribution in [1.29, 1.82) is 0 Å². The molecule has 4 aromatic rings. The van der Waals surface area contributed by atoms with Crippen LogP contribution in [0.5, 0.6) is 0 Å². The van der Waals surface area contributed by atoms with Crippen molar-refractivity contribution < 1.29 is 9.18 Å². The summed E-state index contributed by atoms with van der Waals surface area (Å²) in [6, 6.07) is 20.6. The maximum Gasteiger partial charge on any atom is 0.258 e. The Kier molecular flexibility index (Phi) is 5.40. The molecule has 1 aromatic heterocycles. The predicted molar refractivity (Wildman–Crippen MR) is 127 cm³/mol. The van der Waals surface area contributed by atoms with Gasteiger partial charge in [0.25, 0.3) is 11.9 Å². The molecule has 0 saturated heterocycles. The molecule has 0 saturated carbocycles. The number of carbonyl (C=O) groups is 1. The molecule has 0 radical (unpaired) electrons. The van der Waals surface area contributed by atoms with Crippen molar-refractivity contribution in [3.05, 3.63) is 112 Å². The number of halogens is 2. The number of fused-ring (bicyclic) bond motifs is 1. The minimum Gasteiger partial charge on any atom is -0.324 e. The normalized spacial score (nSPS) is 14.8. The molecule has 8 heteroatoms. The fourth-order valence-corrected chi connectivity index (χ4v) is 3.91. The van der Waals surface area contributed by atoms with Crippen LogP contribution in [0.15, 0.2) is 78.9 Å². The number of nitrogens with zero attached hydrogens (tertiary/aromatic N) is 3. The fourth-order valence-electron chi connectivity index (χ4n) is 3.66. The summed E-state index contributed by atoms with van der Waals surface area (Å²) in [5.41, 5.74) is 4.16. The number of aromatic nitrogens is 3. The molecule has 1 aliphatic rings. The van der Waals surface area contributed by atoms with Gasteiger partial charge in [-0.25, -0.2) is 9.07 Å². The van der Waals surface area contributed by atoms with Gasteiger partial charge in [-0.2, -0.15) is 4.98 Å². The van der Waals surface area contributed by atoms with Crippen LogP contribution in [0.25, 0.3) is 5.70 Å². The van der Waals surface area contributed by atoms with Crippen LogP contribution in [0, 0.1) is 12.7 Å². The van der Waals surface area contributed by atoms with Crippen molar-refractivity contribution in [3.63, 3.8) is 0 Å². The molecule has 6 nitrogen and oxygen atoms in total. The highest BCUT2D eigenvalue weighted by molar-refractivity contribution is 6.31. The highest BCUT2D eigenvalue weighted by atomic mass is 35.5. The van der Waals surface area contributed by atoms with Crippen molar-refractivity contribution >= 4 is 35.1 Å². The summed E-state index contributed by atoms with van der Waals surface area (Å²) in [4.78, 5) is 17.1. The number of nitrogens with one attached hydrogen (secondary N) is 2. The average molecular weight is 460 g/mol. The summed E-state index contributed by atoms with van der Waals surface area (Å²) in [7, 11) is 0. The van der Waals surface area contributed by atoms with Gasteiger partial charge in [-0.15, -0.1) is 5.10 Å². The number of anilines is 2. The number of benzene rings is 3. The molecule has 0 fully saturated rings. The Morgan fingerprint density at radius 3 is 2.52 bits per heavy atom. The molecular weight excluding hydrogens is 441 g/mol. The van der Waals surface area contributed by atoms with Gasteiger partial charge in [0.2, 0.25) is 5.95 Å². The Labute approximate surface area is 194 Å². The Bertz CT molecular complexity index is 1360. The Hall–Kier alpha value is -3.97. The van der Waals surface area contributed by atoms with Gasteiger partial charge in [0, 0.05) is 16.3 Å². The first kappa shape index (κ1) is 20.9. The summed E-state index contributed by atoms with van der Waals surface area (Å²) >= 11 is 6.51. The lowest BCUT2D eigenvalue weighted by Gasteiger charge is -2.25. The van der Waals surface area contributed by atoms with Crippen LogP contribution in [-0.2, 0) is 0 Å². The monoisotopic (exact) mass is 459 g/mol. The Morgan fingerprint density at radius 1 is 1.06 bits per heavy atom. The Balaban J connectivity index is 1.52. The van der Waals surface area contributed by atoms with Gasteiger partial charge in [-0.1, -0.05) is 59.6 Å². The van der Waals surface area contributed by atoms with Gasteiger partial charge >= 0.3 is 0 Å². The number of allylic oxidation sites excluding steroid dienone is 1. The Morgan fingerprint density at radius 2 is 1.79 bits per heavy atom. The third-order valence-electron chi connectivity index (χ3n) is 5.38. The second-order valence-corrected chi connectivity index (χ2v) is 8.11. The first-order valence-corrected chi connectivity index (χ1v) is 10.7. The van der Waals surface area contributed by atoms with Gasteiger partial charge in [0.1, 0.15) is 11.9 Å². The highest BCUT2D eigenvalue weighted by Gasteiger charge is 2.27. The van der Waals surface area contributed by atoms with E-state index in [-0.39, 0.29) is 12.0 Å². The minimum absolute atomic E-state index is 0.127. The number of carbonyl (C=O) groups excluding carboxylic acids is 1. The lowest BCUT2D eigenvalue weighted by atomic mass is 10.0. The summed E-state index contributed by atoms with van der Waals surface area (Å²) in [6.07, 6.45) is 2.03. The van der Waals surface area contributed by atoms with Crippen molar-refractivity contribution in [2.75, 3.05) is 10.6 Å². The number of amides is 1. The molecule has 3 aromatic carbocycles. The molecular formula is C25H19ClFN5O. The van der Waals surface area contributed by atoms with Gasteiger partial charge in [0.05, 0.1) is 0 Å². The molecule has 5 rings (SSSR count). The average Bonchev–Trinajstić information content (AvgIpc) is 3.22. The van der Waals surface area contributed by atoms with E-state index >= 15 is 0 Å². The summed E-state index contributed by atoms with van der Waals surface area (Å²) < 4.78 is 14.9. The smallest absolute Gasteiger partial charge is 0.258 e. The van der Waals surface area contributed by atoms with Gasteiger partial charge in [0.15, 0.2) is 0 Å². The van der Waals surface area contributed by atoms with Gasteiger partial charge in [-0.3, -0.25) is 10.1 Å². The first-order chi connectivity index (χ1) is 16.0. The minimum atomic E-state index is -0.432. The SMILES string of the molecule is Cc1ccc(C2=C[C@H](c3ccccc3Cl)n3nc(NC(=O)c4ccc(F)cc4)nc3N2)cc1. The van der Waals surface area contributed by atoms with E-state index in [0.717, 1.165) is 22.4 Å². The van der Waals surface area contributed by atoms with E-state index in [2.05, 4.69) is 20.7 Å². The van der Waals surface area contributed by atoms with Crippen LogP contribution in [0.4, 0.5) is 16.3 Å². The maximum absolute atomic E-state index is 13.2. The third kappa shape index (κ3) is 4.23. The zero-order chi connectivity index (χ0) is 22.9. The summed E-state index contributed by atoms with van der Waals surface area (Å²) in [6.45, 7) is 2.03. The van der Waals surface area contributed by atoms with E-state index < -0.39 is 11.7 Å². The van der Waals surface area contributed by atoms with Crippen LogP contribution in [0.1, 0.15) is 33.1 Å². The molecule has 2 N–H and O–H groups in total. The molecule has 33 heavy (non-hydrogen) atoms. The molecule has 0 bridgehead atoms. The van der Waals surface area contributed by atoms with Crippen LogP contribution < -0.4 is 10.6 Å². The fraction of sp³-hybridized carbons (Fsp3) is 0.0800. The highest BCUT2D eigenvalue weighted by Crippen LogP contribution is 2.36. The number of aryl methyl sites for hydroxylation is 1. The molecule has 1 aliphatic heterocycles. The topological polar surface area (TPSA) is 71.8 Å². The molecule has 2 heterocycles. The van der Waals surface area contributed by atoms with E-state index in [0.29, 0.717) is 16.5 Å². The van der Waals surface area contributed by atoms with Crippen molar-refractivity contribution in [2.45, 2.75) is 13.0 Å². The van der Waals surface area contributed by atoms with Gasteiger partial charge in [-0.05, 0) is 54.5 Å². The number of hydrogen-bond donors (Lipinski definition) is 2. The zero-order valence-electron chi connectivity index (χ0n) is 17.6. The third-order valence-corrected chi connectivity index (χ3v) is 5.73. The van der Waals surface area contributed by atoms with Crippen LogP contribution in [-0.4, -0.2) is 20.7 Å². The van der Waals surface area contributed by atoms with E-state index in [1.54, 1.807) is 4.68 Å². The molecule has 0 unspecified atom stereocenters. The van der Waals surface area contributed by atoms with Crippen LogP contribution in [0.3, 0.4) is 0 Å². The van der Waals surface area contributed by atoms with Crippen molar-refractivity contribution in [3.8, 4) is 0 Å². The quantitative estimate of drug-likeness (QED) is 0.411. The second kappa shape index (κ2) is 8.52. The van der Waals surface area contributed by atoms with Crippen molar-refractivity contribution in [2.24, 2.45) is 0 Å². The zero-order valence-corrected chi connectivity index (χ0v) is 18.3. The van der Waals surface area contributed by atoms with E-state index in [9.17, 15) is 9.18 Å². The van der Waals surface area contributed by atoms with Crippen LogP contribution in [0.2, 0.25) is 5.02 Å². The van der Waals surface area contributed by atoms with Crippen LogP contribution >= 0.6 is 11.6 Å². The van der Waals surface area contributed by atoms with E-state index in [4.69, 9.17) is 11.6 Å². The largest absolute Gasteiger partial charge is 0.324 e. The maximum atomic E-state index is 13.2. The van der Waals surface area contributed by atoms with Crippen molar-refractivity contribution in [1.82, 2.24) is 14.8 Å². The second-order valence-electron chi connectivity index (χ2n) is 7.70. The van der Waals surface area contributed by atoms with E-state index in [1.165, 1.54) is 24.3 Å². The standard InChI is InChI=1S/C25H19ClFN5O/c1-15-6-8-16(9-7-15)21-14-22(19-4-2-3-5-20(19)26)32-25(28-21)30-24(31-32)29-23(33)17-10-12-18(27)13-11-17/h2-14,22H,1H3,(H2,28,29,30,31,33)/t22-/m1/s1. The van der Waals surface area contributed by atoms with Gasteiger partial charge < -0.3 is 5.32 Å². The molecule has 1 amide bonds. The summed E-state index contributed by atoms with van der Waals surface area (Å²) in [5.74, 6) is -0.252. The number of rotatable bonds is 4. The lowest BCUT2D eigenvalue weighted by Crippen LogP contribution is -2.20. The predicted octanol–water partition coefficient (Wildman–Crippen LogP) is 5.69. The summed E-state index contributed by atoms with van der Waals surface area (Å²) in [5, 5.41) is 11.1. The lowest BCUT2D eigenvalue weighted by molar-refractivity contribution is 0.102.